The maximum absolute atomic E-state index is 5.82. The predicted molar refractivity (Wildman–Crippen MR) is 83.3 cm³/mol. The second kappa shape index (κ2) is 7.47. The fourth-order valence-electron chi connectivity index (χ4n) is 1.92. The molecule has 2 aromatic rings. The van der Waals surface area contributed by atoms with Crippen LogP contribution in [0, 0.1) is 0 Å². The van der Waals surface area contributed by atoms with Crippen LogP contribution in [0.5, 0.6) is 17.4 Å². The summed E-state index contributed by atoms with van der Waals surface area (Å²) in [5.41, 5.74) is 0. The van der Waals surface area contributed by atoms with Gasteiger partial charge in [0.25, 0.3) is 0 Å². The Balaban J connectivity index is 2.24. The van der Waals surface area contributed by atoms with E-state index in [1.54, 1.807) is 7.11 Å². The van der Waals surface area contributed by atoms with Crippen LogP contribution < -0.4 is 14.8 Å². The van der Waals surface area contributed by atoms with Gasteiger partial charge in [-0.2, -0.15) is 4.98 Å². The number of methoxy groups -OCH3 is 1. The largest absolute Gasteiger partial charge is 0.497 e. The van der Waals surface area contributed by atoms with E-state index in [1.165, 1.54) is 0 Å². The van der Waals surface area contributed by atoms with Crippen LogP contribution in [-0.4, -0.2) is 23.6 Å². The highest BCUT2D eigenvalue weighted by atomic mass is 16.5. The number of hydrogen-bond acceptors (Lipinski definition) is 5. The molecule has 0 aliphatic rings. The molecule has 0 bridgehead atoms. The van der Waals surface area contributed by atoms with E-state index < -0.39 is 0 Å². The van der Waals surface area contributed by atoms with Crippen molar-refractivity contribution < 1.29 is 9.47 Å². The van der Waals surface area contributed by atoms with Gasteiger partial charge in [-0.1, -0.05) is 13.0 Å². The summed E-state index contributed by atoms with van der Waals surface area (Å²) in [7, 11) is 1.63. The standard InChI is InChI=1S/C16H21N3O2/c1-4-7-14-18-15(17-5-2)11-16(19-14)21-13-9-6-8-12(10-13)20-3/h6,8-11H,4-5,7H2,1-3H3,(H,17,18,19). The molecule has 5 heteroatoms. The first-order valence-corrected chi connectivity index (χ1v) is 7.19. The van der Waals surface area contributed by atoms with Crippen molar-refractivity contribution in [1.82, 2.24) is 9.97 Å². The zero-order chi connectivity index (χ0) is 15.1. The summed E-state index contributed by atoms with van der Waals surface area (Å²) in [6.07, 6.45) is 1.82. The van der Waals surface area contributed by atoms with Crippen molar-refractivity contribution >= 4 is 5.82 Å². The van der Waals surface area contributed by atoms with E-state index in [0.29, 0.717) is 11.6 Å². The third kappa shape index (κ3) is 4.34. The molecule has 1 aromatic carbocycles. The van der Waals surface area contributed by atoms with Crippen LogP contribution in [0.4, 0.5) is 5.82 Å². The molecule has 0 radical (unpaired) electrons. The number of rotatable bonds is 7. The second-order valence-corrected chi connectivity index (χ2v) is 4.57. The topological polar surface area (TPSA) is 56.3 Å². The highest BCUT2D eigenvalue weighted by Crippen LogP contribution is 2.25. The molecule has 0 amide bonds. The SMILES string of the molecule is CCCc1nc(NCC)cc(Oc2cccc(OC)c2)n1. The van der Waals surface area contributed by atoms with Crippen LogP contribution in [0.25, 0.3) is 0 Å². The molecule has 0 spiro atoms. The first kappa shape index (κ1) is 15.1. The van der Waals surface area contributed by atoms with Crippen molar-refractivity contribution in [2.24, 2.45) is 0 Å². The first-order valence-electron chi connectivity index (χ1n) is 7.19. The summed E-state index contributed by atoms with van der Waals surface area (Å²) in [5, 5.41) is 3.20. The highest BCUT2D eigenvalue weighted by Gasteiger charge is 2.06. The Kier molecular flexibility index (Phi) is 5.37. The Labute approximate surface area is 125 Å². The average Bonchev–Trinajstić information content (AvgIpc) is 2.48. The van der Waals surface area contributed by atoms with Crippen molar-refractivity contribution in [2.45, 2.75) is 26.7 Å². The Bertz CT molecular complexity index is 563. The van der Waals surface area contributed by atoms with Gasteiger partial charge < -0.3 is 14.8 Å². The number of benzene rings is 1. The van der Waals surface area contributed by atoms with Crippen molar-refractivity contribution in [1.29, 1.82) is 0 Å². The maximum Gasteiger partial charge on any atom is 0.224 e. The Morgan fingerprint density at radius 2 is 1.90 bits per heavy atom. The van der Waals surface area contributed by atoms with Gasteiger partial charge in [0, 0.05) is 25.1 Å². The van der Waals surface area contributed by atoms with Gasteiger partial charge in [-0.05, 0) is 25.5 Å². The van der Waals surface area contributed by atoms with Crippen LogP contribution >= 0.6 is 0 Å². The zero-order valence-corrected chi connectivity index (χ0v) is 12.7. The van der Waals surface area contributed by atoms with E-state index in [0.717, 1.165) is 36.8 Å². The second-order valence-electron chi connectivity index (χ2n) is 4.57. The Morgan fingerprint density at radius 1 is 1.10 bits per heavy atom. The Morgan fingerprint density at radius 3 is 2.62 bits per heavy atom. The van der Waals surface area contributed by atoms with Crippen LogP contribution in [0.3, 0.4) is 0 Å². The Hall–Kier alpha value is -2.30. The van der Waals surface area contributed by atoms with E-state index >= 15 is 0 Å². The van der Waals surface area contributed by atoms with Crippen molar-refractivity contribution in [3.05, 3.63) is 36.2 Å². The average molecular weight is 287 g/mol. The van der Waals surface area contributed by atoms with Crippen LogP contribution in [0.15, 0.2) is 30.3 Å². The lowest BCUT2D eigenvalue weighted by molar-refractivity contribution is 0.407. The van der Waals surface area contributed by atoms with Gasteiger partial charge in [0.15, 0.2) is 0 Å². The molecule has 0 atom stereocenters. The lowest BCUT2D eigenvalue weighted by Gasteiger charge is -2.10. The molecule has 0 fully saturated rings. The van der Waals surface area contributed by atoms with E-state index in [4.69, 9.17) is 9.47 Å². The van der Waals surface area contributed by atoms with Gasteiger partial charge in [0.1, 0.15) is 23.1 Å². The smallest absolute Gasteiger partial charge is 0.224 e. The third-order valence-electron chi connectivity index (χ3n) is 2.84. The van der Waals surface area contributed by atoms with E-state index in [1.807, 2.05) is 37.3 Å². The number of nitrogens with zero attached hydrogens (tertiary/aromatic N) is 2. The number of nitrogens with one attached hydrogen (secondary N) is 1. The molecule has 1 N–H and O–H groups in total. The number of aromatic nitrogens is 2. The quantitative estimate of drug-likeness (QED) is 0.842. The monoisotopic (exact) mass is 287 g/mol. The normalized spacial score (nSPS) is 10.2. The molecule has 21 heavy (non-hydrogen) atoms. The summed E-state index contributed by atoms with van der Waals surface area (Å²) in [6, 6.07) is 9.26. The molecule has 0 aliphatic heterocycles. The summed E-state index contributed by atoms with van der Waals surface area (Å²) in [5.74, 6) is 3.56. The summed E-state index contributed by atoms with van der Waals surface area (Å²) >= 11 is 0. The van der Waals surface area contributed by atoms with Gasteiger partial charge >= 0.3 is 0 Å². The van der Waals surface area contributed by atoms with Gasteiger partial charge in [0.05, 0.1) is 7.11 Å². The molecular formula is C16H21N3O2. The number of aryl methyl sites for hydroxylation is 1. The van der Waals surface area contributed by atoms with Crippen molar-refractivity contribution in [2.75, 3.05) is 19.0 Å². The molecule has 1 aromatic heterocycles. The van der Waals surface area contributed by atoms with Gasteiger partial charge in [-0.15, -0.1) is 0 Å². The summed E-state index contributed by atoms with van der Waals surface area (Å²) < 4.78 is 11.0. The maximum atomic E-state index is 5.82. The number of ether oxygens (including phenoxy) is 2. The highest BCUT2D eigenvalue weighted by molar-refractivity contribution is 5.41. The van der Waals surface area contributed by atoms with E-state index in [-0.39, 0.29) is 0 Å². The minimum atomic E-state index is 0.539. The van der Waals surface area contributed by atoms with E-state index in [2.05, 4.69) is 22.2 Å². The zero-order valence-electron chi connectivity index (χ0n) is 12.7. The molecule has 0 saturated heterocycles. The number of hydrogen-bond donors (Lipinski definition) is 1. The van der Waals surface area contributed by atoms with Crippen LogP contribution in [0.2, 0.25) is 0 Å². The summed E-state index contributed by atoms with van der Waals surface area (Å²) in [4.78, 5) is 8.90. The fourth-order valence-corrected chi connectivity index (χ4v) is 1.92. The molecule has 0 saturated carbocycles. The molecule has 2 rings (SSSR count). The molecule has 0 aliphatic carbocycles. The third-order valence-corrected chi connectivity index (χ3v) is 2.84. The minimum Gasteiger partial charge on any atom is -0.497 e. The van der Waals surface area contributed by atoms with Crippen molar-refractivity contribution in [3.8, 4) is 17.4 Å². The number of anilines is 1. The summed E-state index contributed by atoms with van der Waals surface area (Å²) in [6.45, 7) is 4.94. The van der Waals surface area contributed by atoms with E-state index in [9.17, 15) is 0 Å². The first-order chi connectivity index (χ1) is 10.2. The molecular weight excluding hydrogens is 266 g/mol. The predicted octanol–water partition coefficient (Wildman–Crippen LogP) is 3.66. The van der Waals surface area contributed by atoms with Gasteiger partial charge in [0.2, 0.25) is 5.88 Å². The molecule has 5 nitrogen and oxygen atoms in total. The molecule has 1 heterocycles. The lowest BCUT2D eigenvalue weighted by atomic mass is 10.3. The molecule has 0 unspecified atom stereocenters. The van der Waals surface area contributed by atoms with Gasteiger partial charge in [-0.3, -0.25) is 0 Å². The van der Waals surface area contributed by atoms with Gasteiger partial charge in [-0.25, -0.2) is 4.98 Å². The fraction of sp³-hybridized carbons (Fsp3) is 0.375. The van der Waals surface area contributed by atoms with Crippen molar-refractivity contribution in [3.63, 3.8) is 0 Å². The van der Waals surface area contributed by atoms with Crippen LogP contribution in [0.1, 0.15) is 26.1 Å². The van der Waals surface area contributed by atoms with Crippen LogP contribution in [-0.2, 0) is 6.42 Å². The minimum absolute atomic E-state index is 0.539. The molecule has 112 valence electrons. The lowest BCUT2D eigenvalue weighted by Crippen LogP contribution is -2.04.